The number of nitrogens with zero attached hydrogens (tertiary/aromatic N) is 2. The topological polar surface area (TPSA) is 49.8 Å². The average molecular weight is 415 g/mol. The second kappa shape index (κ2) is 9.14. The Morgan fingerprint density at radius 1 is 0.375 bits per heavy atom. The summed E-state index contributed by atoms with van der Waals surface area (Å²) in [6.07, 6.45) is 3.49. The van der Waals surface area contributed by atoms with E-state index in [0.29, 0.717) is 0 Å². The van der Waals surface area contributed by atoms with Crippen molar-refractivity contribution in [2.75, 3.05) is 10.6 Å². The van der Waals surface area contributed by atoms with Crippen LogP contribution in [0.1, 0.15) is 0 Å². The van der Waals surface area contributed by atoms with Crippen molar-refractivity contribution in [1.82, 2.24) is 10.2 Å². The van der Waals surface area contributed by atoms with E-state index in [1.165, 1.54) is 0 Å². The molecular formula is C28H22N4. The van der Waals surface area contributed by atoms with Crippen LogP contribution in [-0.4, -0.2) is 10.2 Å². The van der Waals surface area contributed by atoms with Crippen molar-refractivity contribution in [3.05, 3.63) is 122 Å². The molecule has 1 heterocycles. The first-order valence-corrected chi connectivity index (χ1v) is 10.5. The van der Waals surface area contributed by atoms with Crippen molar-refractivity contribution in [1.29, 1.82) is 0 Å². The average Bonchev–Trinajstić information content (AvgIpc) is 2.87. The Bertz CT molecular complexity index is 1210. The zero-order valence-electron chi connectivity index (χ0n) is 17.4. The molecule has 4 aromatic carbocycles. The summed E-state index contributed by atoms with van der Waals surface area (Å²) in [5.41, 5.74) is 8.28. The maximum atomic E-state index is 4.11. The van der Waals surface area contributed by atoms with Gasteiger partial charge in [0.05, 0.1) is 23.8 Å². The fraction of sp³-hybridized carbons (Fsp3) is 0. The molecule has 0 bridgehead atoms. The molecule has 0 radical (unpaired) electrons. The van der Waals surface area contributed by atoms with E-state index in [2.05, 4.69) is 69.4 Å². The minimum Gasteiger partial charge on any atom is -0.352 e. The van der Waals surface area contributed by atoms with E-state index in [-0.39, 0.29) is 0 Å². The fourth-order valence-corrected chi connectivity index (χ4v) is 3.73. The Morgan fingerprint density at radius 3 is 1.19 bits per heavy atom. The second-order valence-corrected chi connectivity index (χ2v) is 7.39. The molecule has 0 saturated heterocycles. The molecule has 5 rings (SSSR count). The Morgan fingerprint density at radius 2 is 0.750 bits per heavy atom. The van der Waals surface area contributed by atoms with Crippen LogP contribution < -0.4 is 10.6 Å². The number of hydrogen-bond donors (Lipinski definition) is 2. The van der Waals surface area contributed by atoms with Crippen molar-refractivity contribution >= 4 is 22.7 Å². The number of nitrogens with one attached hydrogen (secondary N) is 2. The van der Waals surface area contributed by atoms with Crippen LogP contribution in [0.15, 0.2) is 122 Å². The molecule has 4 heteroatoms. The van der Waals surface area contributed by atoms with Gasteiger partial charge in [0.25, 0.3) is 0 Å². The van der Waals surface area contributed by atoms with Crippen LogP contribution in [0.3, 0.4) is 0 Å². The third-order valence-corrected chi connectivity index (χ3v) is 5.29. The van der Waals surface area contributed by atoms with Crippen molar-refractivity contribution < 1.29 is 0 Å². The summed E-state index contributed by atoms with van der Waals surface area (Å²) < 4.78 is 0. The third kappa shape index (κ3) is 4.20. The van der Waals surface area contributed by atoms with Gasteiger partial charge in [-0.25, -0.2) is 0 Å². The zero-order valence-corrected chi connectivity index (χ0v) is 17.4. The predicted octanol–water partition coefficient (Wildman–Crippen LogP) is 7.30. The number of rotatable bonds is 6. The standard InChI is InChI=1S/C28H22N4/c1-3-11-21(12-4-1)23-15-7-9-17-25(23)31-27-19-29-30-20-28(27)32-26-18-10-8-16-24(26)22-13-5-2-6-14-22/h1-20H,(H,30,31)(H,29,32). The summed E-state index contributed by atoms with van der Waals surface area (Å²) in [5.74, 6) is 0. The van der Waals surface area contributed by atoms with Gasteiger partial charge in [-0.05, 0) is 23.3 Å². The molecule has 1 aromatic heterocycles. The molecule has 0 spiro atoms. The van der Waals surface area contributed by atoms with E-state index in [0.717, 1.165) is 45.0 Å². The smallest absolute Gasteiger partial charge is 0.0845 e. The molecule has 154 valence electrons. The van der Waals surface area contributed by atoms with E-state index >= 15 is 0 Å². The zero-order chi connectivity index (χ0) is 21.6. The van der Waals surface area contributed by atoms with Gasteiger partial charge >= 0.3 is 0 Å². The van der Waals surface area contributed by atoms with Gasteiger partial charge < -0.3 is 10.6 Å². The lowest BCUT2D eigenvalue weighted by molar-refractivity contribution is 1.03. The highest BCUT2D eigenvalue weighted by atomic mass is 15.1. The molecule has 0 aliphatic heterocycles. The summed E-state index contributed by atoms with van der Waals surface area (Å²) >= 11 is 0. The van der Waals surface area contributed by atoms with Gasteiger partial charge in [-0.2, -0.15) is 10.2 Å². The van der Waals surface area contributed by atoms with Crippen LogP contribution in [0.4, 0.5) is 22.7 Å². The highest BCUT2D eigenvalue weighted by molar-refractivity contribution is 5.87. The molecule has 32 heavy (non-hydrogen) atoms. The van der Waals surface area contributed by atoms with Crippen LogP contribution in [0.25, 0.3) is 22.3 Å². The first kappa shape index (κ1) is 19.5. The normalized spacial score (nSPS) is 10.5. The summed E-state index contributed by atoms with van der Waals surface area (Å²) in [6.45, 7) is 0. The maximum Gasteiger partial charge on any atom is 0.0845 e. The lowest BCUT2D eigenvalue weighted by Crippen LogP contribution is -2.01. The summed E-state index contributed by atoms with van der Waals surface area (Å²) in [6, 6.07) is 37.2. The lowest BCUT2D eigenvalue weighted by Gasteiger charge is -2.17. The molecule has 0 fully saturated rings. The minimum absolute atomic E-state index is 0.853. The van der Waals surface area contributed by atoms with Gasteiger partial charge in [0.1, 0.15) is 0 Å². The Kier molecular flexibility index (Phi) is 5.58. The Balaban J connectivity index is 1.49. The summed E-state index contributed by atoms with van der Waals surface area (Å²) in [7, 11) is 0. The van der Waals surface area contributed by atoms with Crippen LogP contribution in [0, 0.1) is 0 Å². The molecule has 2 N–H and O–H groups in total. The SMILES string of the molecule is c1ccc(-c2ccccc2Nc2cnncc2Nc2ccccc2-c2ccccc2)cc1. The van der Waals surface area contributed by atoms with Gasteiger partial charge in [-0.15, -0.1) is 0 Å². The van der Waals surface area contributed by atoms with Crippen LogP contribution >= 0.6 is 0 Å². The van der Waals surface area contributed by atoms with Crippen LogP contribution in [0.5, 0.6) is 0 Å². The predicted molar refractivity (Wildman–Crippen MR) is 132 cm³/mol. The van der Waals surface area contributed by atoms with Crippen LogP contribution in [0.2, 0.25) is 0 Å². The van der Waals surface area contributed by atoms with Gasteiger partial charge in [0.15, 0.2) is 0 Å². The van der Waals surface area contributed by atoms with Gasteiger partial charge in [-0.3, -0.25) is 0 Å². The monoisotopic (exact) mass is 414 g/mol. The van der Waals surface area contributed by atoms with Gasteiger partial charge in [-0.1, -0.05) is 97.1 Å². The Hall–Kier alpha value is -4.44. The number of aromatic nitrogens is 2. The molecular weight excluding hydrogens is 392 g/mol. The van der Waals surface area contributed by atoms with Crippen molar-refractivity contribution in [3.8, 4) is 22.3 Å². The number of para-hydroxylation sites is 2. The minimum atomic E-state index is 0.853. The molecule has 0 amide bonds. The lowest BCUT2D eigenvalue weighted by atomic mass is 10.0. The number of benzene rings is 4. The highest BCUT2D eigenvalue weighted by Crippen LogP contribution is 2.35. The first-order chi connectivity index (χ1) is 15.9. The molecule has 0 saturated carbocycles. The summed E-state index contributed by atoms with van der Waals surface area (Å²) in [5, 5.41) is 15.3. The quantitative estimate of drug-likeness (QED) is 0.306. The molecule has 0 atom stereocenters. The van der Waals surface area contributed by atoms with Crippen molar-refractivity contribution in [2.45, 2.75) is 0 Å². The molecule has 5 aromatic rings. The van der Waals surface area contributed by atoms with E-state index < -0.39 is 0 Å². The molecule has 0 aliphatic carbocycles. The van der Waals surface area contributed by atoms with Crippen LogP contribution in [-0.2, 0) is 0 Å². The Labute approximate surface area is 187 Å². The van der Waals surface area contributed by atoms with Gasteiger partial charge in [0.2, 0.25) is 0 Å². The highest BCUT2D eigenvalue weighted by Gasteiger charge is 2.11. The maximum absolute atomic E-state index is 4.11. The van der Waals surface area contributed by atoms with Crippen molar-refractivity contribution in [2.24, 2.45) is 0 Å². The van der Waals surface area contributed by atoms with Crippen molar-refractivity contribution in [3.63, 3.8) is 0 Å². The molecule has 0 unspecified atom stereocenters. The second-order valence-electron chi connectivity index (χ2n) is 7.39. The third-order valence-electron chi connectivity index (χ3n) is 5.29. The molecule has 0 aliphatic rings. The van der Waals surface area contributed by atoms with E-state index in [1.807, 2.05) is 60.7 Å². The fourth-order valence-electron chi connectivity index (χ4n) is 3.73. The first-order valence-electron chi connectivity index (χ1n) is 10.5. The number of anilines is 4. The van der Waals surface area contributed by atoms with E-state index in [4.69, 9.17) is 0 Å². The van der Waals surface area contributed by atoms with E-state index in [1.54, 1.807) is 12.4 Å². The summed E-state index contributed by atoms with van der Waals surface area (Å²) in [4.78, 5) is 0. The van der Waals surface area contributed by atoms with Gasteiger partial charge in [0, 0.05) is 22.5 Å². The number of hydrogen-bond acceptors (Lipinski definition) is 4. The van der Waals surface area contributed by atoms with E-state index in [9.17, 15) is 0 Å². The molecule has 4 nitrogen and oxygen atoms in total. The largest absolute Gasteiger partial charge is 0.352 e.